The molecule has 1 aromatic rings. The highest BCUT2D eigenvalue weighted by atomic mass is 16.6. The van der Waals surface area contributed by atoms with Crippen molar-refractivity contribution in [2.24, 2.45) is 12.8 Å². The Hall–Kier alpha value is -1.40. The Balaban J connectivity index is 2.61. The van der Waals surface area contributed by atoms with E-state index in [9.17, 15) is 4.79 Å². The number of carbonyl (C=O) groups excluding carboxylic acids is 1. The zero-order valence-corrected chi connectivity index (χ0v) is 10.8. The first-order valence-electron chi connectivity index (χ1n) is 5.46. The Bertz CT molecular complexity index is 393. The van der Waals surface area contributed by atoms with E-state index in [0.29, 0.717) is 6.54 Å². The van der Waals surface area contributed by atoms with Crippen LogP contribution in [0.15, 0.2) is 6.20 Å². The lowest BCUT2D eigenvalue weighted by atomic mass is 9.90. The summed E-state index contributed by atoms with van der Waals surface area (Å²) in [5, 5.41) is 4.43. The van der Waals surface area contributed by atoms with Gasteiger partial charge in [0, 0.05) is 30.8 Å². The highest BCUT2D eigenvalue weighted by molar-refractivity contribution is 5.74. The Morgan fingerprint density at radius 1 is 1.59 bits per heavy atom. The van der Waals surface area contributed by atoms with Crippen LogP contribution in [0.5, 0.6) is 0 Å². The highest BCUT2D eigenvalue weighted by Gasteiger charge is 2.21. The van der Waals surface area contributed by atoms with Gasteiger partial charge in [-0.15, -0.1) is 0 Å². The summed E-state index contributed by atoms with van der Waals surface area (Å²) < 4.78 is 1.77. The number of nitrogens with one attached hydrogen (secondary N) is 1. The Morgan fingerprint density at radius 2 is 2.24 bits per heavy atom. The minimum absolute atomic E-state index is 0.0258. The fraction of sp³-hybridized carbons (Fsp3) is 0.636. The summed E-state index contributed by atoms with van der Waals surface area (Å²) in [4.78, 5) is 15.4. The molecule has 1 amide bonds. The summed E-state index contributed by atoms with van der Waals surface area (Å²) in [6.07, 6.45) is 1.93. The molecule has 6 nitrogen and oxygen atoms in total. The number of hydrogen-bond acceptors (Lipinski definition) is 4. The van der Waals surface area contributed by atoms with Gasteiger partial charge in [-0.25, -0.2) is 0 Å². The van der Waals surface area contributed by atoms with E-state index in [-0.39, 0.29) is 12.0 Å². The number of hydroxylamine groups is 1. The van der Waals surface area contributed by atoms with Crippen molar-refractivity contribution in [3.05, 3.63) is 17.5 Å². The number of nitrogens with two attached hydrogens (primary N) is 1. The van der Waals surface area contributed by atoms with Crippen molar-refractivity contribution in [1.82, 2.24) is 15.3 Å². The van der Waals surface area contributed by atoms with Crippen molar-refractivity contribution in [2.45, 2.75) is 32.7 Å². The van der Waals surface area contributed by atoms with E-state index in [2.05, 4.69) is 31.3 Å². The van der Waals surface area contributed by atoms with E-state index in [1.54, 1.807) is 4.68 Å². The number of aryl methyl sites for hydroxylation is 1. The third-order valence-corrected chi connectivity index (χ3v) is 2.19. The van der Waals surface area contributed by atoms with Crippen LogP contribution in [0.3, 0.4) is 0 Å². The van der Waals surface area contributed by atoms with Gasteiger partial charge in [0.2, 0.25) is 5.91 Å². The van der Waals surface area contributed by atoms with Crippen molar-refractivity contribution in [3.63, 3.8) is 0 Å². The quantitative estimate of drug-likeness (QED) is 0.570. The molecule has 96 valence electrons. The smallest absolute Gasteiger partial charge is 0.245 e. The van der Waals surface area contributed by atoms with E-state index in [1.165, 1.54) is 0 Å². The van der Waals surface area contributed by atoms with Gasteiger partial charge >= 0.3 is 0 Å². The molecule has 0 radical (unpaired) electrons. The summed E-state index contributed by atoms with van der Waals surface area (Å²) in [5.41, 5.74) is 9.69. The lowest BCUT2D eigenvalue weighted by Gasteiger charge is -2.17. The van der Waals surface area contributed by atoms with E-state index in [0.717, 1.165) is 11.3 Å². The van der Waals surface area contributed by atoms with Crippen LogP contribution in [0, 0.1) is 0 Å². The molecule has 1 aromatic heterocycles. The molecule has 0 bridgehead atoms. The van der Waals surface area contributed by atoms with Crippen LogP contribution in [-0.4, -0.2) is 22.3 Å². The van der Waals surface area contributed by atoms with Crippen molar-refractivity contribution >= 4 is 5.91 Å². The van der Waals surface area contributed by atoms with Crippen LogP contribution < -0.4 is 11.2 Å². The van der Waals surface area contributed by atoms with Crippen molar-refractivity contribution in [3.8, 4) is 0 Å². The number of carbonyl (C=O) groups is 1. The number of primary amides is 1. The van der Waals surface area contributed by atoms with Crippen LogP contribution in [0.2, 0.25) is 0 Å². The SMILES string of the molecule is Cn1cc(CNOCC(N)=O)c(C(C)(C)C)n1. The predicted molar refractivity (Wildman–Crippen MR) is 63.9 cm³/mol. The molecule has 0 spiro atoms. The number of rotatable bonds is 5. The Morgan fingerprint density at radius 3 is 2.76 bits per heavy atom. The molecule has 0 aliphatic carbocycles. The molecule has 0 fully saturated rings. The van der Waals surface area contributed by atoms with Crippen molar-refractivity contribution in [1.29, 1.82) is 0 Å². The molecular weight excluding hydrogens is 220 g/mol. The fourth-order valence-electron chi connectivity index (χ4n) is 1.55. The lowest BCUT2D eigenvalue weighted by Crippen LogP contribution is -2.25. The molecule has 3 N–H and O–H groups in total. The van der Waals surface area contributed by atoms with Gasteiger partial charge in [-0.05, 0) is 0 Å². The standard InChI is InChI=1S/C11H20N4O2/c1-11(2,3)10-8(6-15(4)14-10)5-13-17-7-9(12)16/h6,13H,5,7H2,1-4H3,(H2,12,16). The molecule has 0 unspecified atom stereocenters. The maximum absolute atomic E-state index is 10.5. The van der Waals surface area contributed by atoms with E-state index >= 15 is 0 Å². The number of nitrogens with zero attached hydrogens (tertiary/aromatic N) is 2. The van der Waals surface area contributed by atoms with Crippen molar-refractivity contribution in [2.75, 3.05) is 6.61 Å². The zero-order valence-electron chi connectivity index (χ0n) is 10.8. The number of hydrogen-bond donors (Lipinski definition) is 2. The molecule has 6 heteroatoms. The van der Waals surface area contributed by atoms with Crippen LogP contribution in [-0.2, 0) is 28.6 Å². The third kappa shape index (κ3) is 4.16. The second-order valence-electron chi connectivity index (χ2n) is 5.00. The van der Waals surface area contributed by atoms with Gasteiger partial charge in [0.05, 0.1) is 5.69 Å². The maximum Gasteiger partial charge on any atom is 0.245 e. The van der Waals surface area contributed by atoms with Gasteiger partial charge in [-0.1, -0.05) is 20.8 Å². The first-order valence-corrected chi connectivity index (χ1v) is 5.46. The van der Waals surface area contributed by atoms with Crippen molar-refractivity contribution < 1.29 is 9.63 Å². The summed E-state index contributed by atoms with van der Waals surface area (Å²) >= 11 is 0. The minimum atomic E-state index is -0.500. The molecule has 0 aliphatic heterocycles. The van der Waals surface area contributed by atoms with Gasteiger partial charge in [0.15, 0.2) is 0 Å². The first-order chi connectivity index (χ1) is 7.80. The normalized spacial score (nSPS) is 11.8. The van der Waals surface area contributed by atoms with E-state index in [4.69, 9.17) is 10.6 Å². The average Bonchev–Trinajstić information content (AvgIpc) is 2.53. The summed E-state index contributed by atoms with van der Waals surface area (Å²) in [6.45, 7) is 6.66. The topological polar surface area (TPSA) is 82.2 Å². The summed E-state index contributed by atoms with van der Waals surface area (Å²) in [5.74, 6) is -0.500. The third-order valence-electron chi connectivity index (χ3n) is 2.19. The molecule has 1 heterocycles. The summed E-state index contributed by atoms with van der Waals surface area (Å²) in [7, 11) is 1.88. The van der Waals surface area contributed by atoms with Gasteiger partial charge in [0.1, 0.15) is 6.61 Å². The number of aromatic nitrogens is 2. The summed E-state index contributed by atoms with van der Waals surface area (Å²) in [6, 6.07) is 0. The van der Waals surface area contributed by atoms with E-state index in [1.807, 2.05) is 13.2 Å². The van der Waals surface area contributed by atoms with Crippen LogP contribution >= 0.6 is 0 Å². The van der Waals surface area contributed by atoms with Gasteiger partial charge < -0.3 is 5.73 Å². The predicted octanol–water partition coefficient (Wildman–Crippen LogP) is 0.224. The van der Waals surface area contributed by atoms with Crippen LogP contribution in [0.25, 0.3) is 0 Å². The lowest BCUT2D eigenvalue weighted by molar-refractivity contribution is -0.125. The second-order valence-corrected chi connectivity index (χ2v) is 5.00. The monoisotopic (exact) mass is 240 g/mol. The highest BCUT2D eigenvalue weighted by Crippen LogP contribution is 2.23. The molecule has 0 aliphatic rings. The van der Waals surface area contributed by atoms with Gasteiger partial charge in [-0.2, -0.15) is 10.6 Å². The van der Waals surface area contributed by atoms with Gasteiger partial charge in [-0.3, -0.25) is 14.3 Å². The fourth-order valence-corrected chi connectivity index (χ4v) is 1.55. The average molecular weight is 240 g/mol. The molecule has 0 atom stereocenters. The molecule has 0 saturated heterocycles. The Kier molecular flexibility index (Phi) is 4.25. The molecule has 0 aromatic carbocycles. The molecule has 1 rings (SSSR count). The maximum atomic E-state index is 10.5. The second kappa shape index (κ2) is 5.29. The van der Waals surface area contributed by atoms with Crippen LogP contribution in [0.4, 0.5) is 0 Å². The molecule has 17 heavy (non-hydrogen) atoms. The van der Waals surface area contributed by atoms with Gasteiger partial charge in [0.25, 0.3) is 0 Å². The van der Waals surface area contributed by atoms with Crippen LogP contribution in [0.1, 0.15) is 32.0 Å². The largest absolute Gasteiger partial charge is 0.368 e. The minimum Gasteiger partial charge on any atom is -0.368 e. The number of amides is 1. The first kappa shape index (κ1) is 13.7. The molecular formula is C11H20N4O2. The Labute approximate surface area is 101 Å². The van der Waals surface area contributed by atoms with E-state index < -0.39 is 5.91 Å². The zero-order chi connectivity index (χ0) is 13.1. The molecule has 0 saturated carbocycles.